The van der Waals surface area contributed by atoms with Gasteiger partial charge in [-0.1, -0.05) is 12.1 Å². The van der Waals surface area contributed by atoms with E-state index in [1.807, 2.05) is 6.07 Å². The Bertz CT molecular complexity index is 683. The molecule has 0 atom stereocenters. The van der Waals surface area contributed by atoms with Crippen molar-refractivity contribution in [2.75, 3.05) is 12.0 Å². The number of hydrogen-bond donors (Lipinski definition) is 0. The second-order valence-electron chi connectivity index (χ2n) is 4.40. The molecule has 0 fully saturated rings. The van der Waals surface area contributed by atoms with E-state index in [1.54, 1.807) is 41.4 Å². The molecular formula is C15H12N2O3. The van der Waals surface area contributed by atoms with E-state index in [0.29, 0.717) is 17.8 Å². The summed E-state index contributed by atoms with van der Waals surface area (Å²) in [6.45, 7) is 0.399. The number of carbonyl (C=O) groups excluding carboxylic acids is 2. The Morgan fingerprint density at radius 3 is 2.75 bits per heavy atom. The Morgan fingerprint density at radius 1 is 1.20 bits per heavy atom. The van der Waals surface area contributed by atoms with Gasteiger partial charge >= 0.3 is 5.97 Å². The summed E-state index contributed by atoms with van der Waals surface area (Å²) in [7, 11) is 1.34. The minimum Gasteiger partial charge on any atom is -0.465 e. The summed E-state index contributed by atoms with van der Waals surface area (Å²) in [5.41, 5.74) is 2.48. The topological polar surface area (TPSA) is 59.5 Å². The van der Waals surface area contributed by atoms with Crippen molar-refractivity contribution in [2.45, 2.75) is 6.54 Å². The fraction of sp³-hybridized carbons (Fsp3) is 0.133. The molecule has 1 aromatic heterocycles. The number of nitrogens with zero attached hydrogens (tertiary/aromatic N) is 2. The second kappa shape index (κ2) is 4.77. The van der Waals surface area contributed by atoms with Crippen LogP contribution in [0.3, 0.4) is 0 Å². The quantitative estimate of drug-likeness (QED) is 0.782. The van der Waals surface area contributed by atoms with E-state index < -0.39 is 0 Å². The highest BCUT2D eigenvalue weighted by molar-refractivity contribution is 6.09. The number of hydrogen-bond acceptors (Lipinski definition) is 4. The first kappa shape index (κ1) is 12.3. The molecule has 20 heavy (non-hydrogen) atoms. The van der Waals surface area contributed by atoms with Crippen molar-refractivity contribution in [1.29, 1.82) is 0 Å². The van der Waals surface area contributed by atoms with Crippen molar-refractivity contribution < 1.29 is 14.3 Å². The highest BCUT2D eigenvalue weighted by Crippen LogP contribution is 2.36. The van der Waals surface area contributed by atoms with Crippen LogP contribution >= 0.6 is 0 Å². The van der Waals surface area contributed by atoms with Crippen molar-refractivity contribution in [2.24, 2.45) is 0 Å². The summed E-state index contributed by atoms with van der Waals surface area (Å²) in [6.07, 6.45) is 1.58. The van der Waals surface area contributed by atoms with Gasteiger partial charge in [-0.3, -0.25) is 9.78 Å². The van der Waals surface area contributed by atoms with Crippen LogP contribution in [0.15, 0.2) is 42.6 Å². The number of rotatable bonds is 2. The van der Waals surface area contributed by atoms with E-state index in [1.165, 1.54) is 7.11 Å². The number of pyridine rings is 1. The van der Waals surface area contributed by atoms with Crippen LogP contribution in [-0.2, 0) is 11.3 Å². The summed E-state index contributed by atoms with van der Waals surface area (Å²) in [4.78, 5) is 29.6. The van der Waals surface area contributed by atoms with Crippen molar-refractivity contribution in [3.05, 3.63) is 59.4 Å². The lowest BCUT2D eigenvalue weighted by Crippen LogP contribution is -2.39. The minimum absolute atomic E-state index is 0.167. The standard InChI is InChI=1S/C15H12N2O3/c1-20-15(19)10-5-4-7-13-11(10)9-17(13)14(18)12-6-2-3-8-16-12/h2-8H,9H2,1H3. The zero-order valence-electron chi connectivity index (χ0n) is 10.9. The number of methoxy groups -OCH3 is 1. The highest BCUT2D eigenvalue weighted by Gasteiger charge is 2.33. The monoisotopic (exact) mass is 268 g/mol. The number of aromatic nitrogens is 1. The van der Waals surface area contributed by atoms with Crippen molar-refractivity contribution in [3.8, 4) is 0 Å². The number of carbonyl (C=O) groups is 2. The van der Waals surface area contributed by atoms with Crippen LogP contribution in [0.5, 0.6) is 0 Å². The Balaban J connectivity index is 1.91. The molecule has 2 heterocycles. The lowest BCUT2D eigenvalue weighted by molar-refractivity contribution is 0.0598. The maximum absolute atomic E-state index is 12.3. The SMILES string of the molecule is COC(=O)c1cccc2c1CN2C(=O)c1ccccn1. The number of benzene rings is 1. The molecule has 2 aromatic rings. The molecule has 0 bridgehead atoms. The molecule has 1 aliphatic rings. The van der Waals surface area contributed by atoms with Crippen LogP contribution in [0, 0.1) is 0 Å². The van der Waals surface area contributed by atoms with E-state index in [4.69, 9.17) is 4.74 Å². The van der Waals surface area contributed by atoms with Crippen LogP contribution in [-0.4, -0.2) is 24.0 Å². The maximum atomic E-state index is 12.3. The normalized spacial score (nSPS) is 12.3. The number of anilines is 1. The van der Waals surface area contributed by atoms with Gasteiger partial charge in [-0.15, -0.1) is 0 Å². The number of fused-ring (bicyclic) bond motifs is 1. The lowest BCUT2D eigenvalue weighted by Gasteiger charge is -2.35. The predicted octanol–water partition coefficient (Wildman–Crippen LogP) is 2.03. The molecule has 1 aromatic carbocycles. The van der Waals surface area contributed by atoms with E-state index in [2.05, 4.69) is 4.98 Å². The van der Waals surface area contributed by atoms with Crippen LogP contribution in [0.1, 0.15) is 26.4 Å². The van der Waals surface area contributed by atoms with Crippen LogP contribution in [0.2, 0.25) is 0 Å². The molecule has 1 aliphatic heterocycles. The van der Waals surface area contributed by atoms with E-state index in [9.17, 15) is 9.59 Å². The molecule has 0 spiro atoms. The summed E-state index contributed by atoms with van der Waals surface area (Å²) in [6, 6.07) is 10.5. The number of ether oxygens (including phenoxy) is 1. The molecule has 0 aliphatic carbocycles. The highest BCUT2D eigenvalue weighted by atomic mass is 16.5. The molecule has 5 nitrogen and oxygen atoms in total. The molecule has 0 radical (unpaired) electrons. The number of amides is 1. The van der Waals surface area contributed by atoms with Crippen LogP contribution < -0.4 is 4.90 Å². The Kier molecular flexibility index (Phi) is 2.95. The molecule has 5 heteroatoms. The van der Waals surface area contributed by atoms with E-state index >= 15 is 0 Å². The predicted molar refractivity (Wildman–Crippen MR) is 72.5 cm³/mol. The summed E-state index contributed by atoms with van der Waals surface area (Å²) in [5.74, 6) is -0.549. The summed E-state index contributed by atoms with van der Waals surface area (Å²) < 4.78 is 4.73. The van der Waals surface area contributed by atoms with Crippen molar-refractivity contribution in [3.63, 3.8) is 0 Å². The first-order valence-corrected chi connectivity index (χ1v) is 6.15. The third kappa shape index (κ3) is 1.84. The van der Waals surface area contributed by atoms with E-state index in [-0.39, 0.29) is 11.9 Å². The lowest BCUT2D eigenvalue weighted by atomic mass is 9.96. The Hall–Kier alpha value is -2.69. The first-order chi connectivity index (χ1) is 9.72. The largest absolute Gasteiger partial charge is 0.465 e. The van der Waals surface area contributed by atoms with Crippen LogP contribution in [0.25, 0.3) is 0 Å². The Labute approximate surface area is 115 Å². The molecule has 100 valence electrons. The molecule has 0 unspecified atom stereocenters. The second-order valence-corrected chi connectivity index (χ2v) is 4.40. The third-order valence-electron chi connectivity index (χ3n) is 3.29. The van der Waals surface area contributed by atoms with Gasteiger partial charge in [0.05, 0.1) is 24.9 Å². The minimum atomic E-state index is -0.383. The van der Waals surface area contributed by atoms with Crippen LogP contribution in [0.4, 0.5) is 5.69 Å². The molecule has 0 N–H and O–H groups in total. The average Bonchev–Trinajstić information content (AvgIpc) is 2.48. The number of esters is 1. The van der Waals surface area contributed by atoms with Gasteiger partial charge in [-0.05, 0) is 24.3 Å². The average molecular weight is 268 g/mol. The zero-order chi connectivity index (χ0) is 14.1. The molecule has 0 saturated heterocycles. The van der Waals surface area contributed by atoms with Crippen molar-refractivity contribution in [1.82, 2.24) is 4.98 Å². The molecule has 0 saturated carbocycles. The Morgan fingerprint density at radius 2 is 2.05 bits per heavy atom. The fourth-order valence-corrected chi connectivity index (χ4v) is 2.26. The van der Waals surface area contributed by atoms with Gasteiger partial charge in [0.15, 0.2) is 0 Å². The van der Waals surface area contributed by atoms with Gasteiger partial charge in [0, 0.05) is 11.8 Å². The van der Waals surface area contributed by atoms with Gasteiger partial charge in [0.1, 0.15) is 5.69 Å². The van der Waals surface area contributed by atoms with Gasteiger partial charge in [0.2, 0.25) is 0 Å². The fourth-order valence-electron chi connectivity index (χ4n) is 2.26. The molecule has 3 rings (SSSR count). The summed E-state index contributed by atoms with van der Waals surface area (Å²) >= 11 is 0. The third-order valence-corrected chi connectivity index (χ3v) is 3.29. The maximum Gasteiger partial charge on any atom is 0.338 e. The van der Waals surface area contributed by atoms with Crippen molar-refractivity contribution >= 4 is 17.6 Å². The summed E-state index contributed by atoms with van der Waals surface area (Å²) in [5, 5.41) is 0. The van der Waals surface area contributed by atoms with Gasteiger partial charge in [-0.25, -0.2) is 4.79 Å². The van der Waals surface area contributed by atoms with Gasteiger partial charge in [-0.2, -0.15) is 0 Å². The zero-order valence-corrected chi connectivity index (χ0v) is 10.9. The molecular weight excluding hydrogens is 256 g/mol. The first-order valence-electron chi connectivity index (χ1n) is 6.15. The molecule has 1 amide bonds. The van der Waals surface area contributed by atoms with Gasteiger partial charge in [0.25, 0.3) is 5.91 Å². The van der Waals surface area contributed by atoms with Gasteiger partial charge < -0.3 is 9.64 Å². The smallest absolute Gasteiger partial charge is 0.338 e. The van der Waals surface area contributed by atoms with E-state index in [0.717, 1.165) is 11.3 Å².